The van der Waals surface area contributed by atoms with Gasteiger partial charge in [-0.1, -0.05) is 12.1 Å². The zero-order valence-corrected chi connectivity index (χ0v) is 14.7. The summed E-state index contributed by atoms with van der Waals surface area (Å²) in [5.74, 6) is -0.772. The Hall–Kier alpha value is -2.89. The molecule has 136 valence electrons. The summed E-state index contributed by atoms with van der Waals surface area (Å²) in [6, 6.07) is 10.8. The van der Waals surface area contributed by atoms with Crippen molar-refractivity contribution >= 4 is 12.2 Å². The van der Waals surface area contributed by atoms with Crippen molar-refractivity contribution in [3.8, 4) is 11.5 Å². The van der Waals surface area contributed by atoms with Crippen molar-refractivity contribution in [2.24, 2.45) is 5.10 Å². The summed E-state index contributed by atoms with van der Waals surface area (Å²) in [7, 11) is 1.49. The largest absolute Gasteiger partial charge is 0.493 e. The molecule has 26 heavy (non-hydrogen) atoms. The van der Waals surface area contributed by atoms with Crippen LogP contribution in [0.25, 0.3) is 0 Å². The molecule has 0 atom stereocenters. The first kappa shape index (κ1) is 17.9. The smallest absolute Gasteiger partial charge is 0.346 e. The molecule has 0 aliphatic carbocycles. The Balaban J connectivity index is 1.73. The zero-order chi connectivity index (χ0) is 18.4. The minimum absolute atomic E-state index is 0.120. The molecule has 0 saturated carbocycles. The maximum atomic E-state index is 13.7. The molecule has 1 fully saturated rings. The number of hydrogen-bond donors (Lipinski definition) is 0. The van der Waals surface area contributed by atoms with Crippen molar-refractivity contribution in [3.05, 3.63) is 59.4 Å². The van der Waals surface area contributed by atoms with Crippen LogP contribution in [-0.4, -0.2) is 37.4 Å². The third-order valence-electron chi connectivity index (χ3n) is 4.19. The highest BCUT2D eigenvalue weighted by Crippen LogP contribution is 2.28. The van der Waals surface area contributed by atoms with Gasteiger partial charge in [-0.15, -0.1) is 0 Å². The molecule has 0 unspecified atom stereocenters. The topological polar surface area (TPSA) is 51.1 Å². The first-order chi connectivity index (χ1) is 12.7. The van der Waals surface area contributed by atoms with Gasteiger partial charge in [0.1, 0.15) is 5.82 Å². The fourth-order valence-electron chi connectivity index (χ4n) is 2.77. The molecule has 0 N–H and O–H groups in total. The summed E-state index contributed by atoms with van der Waals surface area (Å²) in [6.45, 7) is 1.93. The van der Waals surface area contributed by atoms with E-state index in [1.54, 1.807) is 30.5 Å². The Morgan fingerprint density at radius 2 is 1.88 bits per heavy atom. The first-order valence-corrected chi connectivity index (χ1v) is 8.61. The van der Waals surface area contributed by atoms with Crippen molar-refractivity contribution in [1.29, 1.82) is 0 Å². The number of esters is 1. The maximum absolute atomic E-state index is 13.7. The lowest BCUT2D eigenvalue weighted by Gasteiger charge is -2.23. The molecule has 0 spiro atoms. The van der Waals surface area contributed by atoms with Crippen molar-refractivity contribution in [2.75, 3.05) is 20.2 Å². The molecule has 0 bridgehead atoms. The molecule has 0 aromatic heterocycles. The predicted octanol–water partition coefficient (Wildman–Crippen LogP) is 3.87. The van der Waals surface area contributed by atoms with Gasteiger partial charge in [-0.05, 0) is 55.2 Å². The van der Waals surface area contributed by atoms with E-state index >= 15 is 0 Å². The lowest BCUT2D eigenvalue weighted by molar-refractivity contribution is 0.0725. The van der Waals surface area contributed by atoms with Gasteiger partial charge in [-0.25, -0.2) is 9.18 Å². The Labute approximate surface area is 152 Å². The Bertz CT molecular complexity index is 801. The van der Waals surface area contributed by atoms with Gasteiger partial charge in [0.25, 0.3) is 0 Å². The normalized spacial score (nSPS) is 14.5. The number of hydrazone groups is 1. The Morgan fingerprint density at radius 3 is 2.62 bits per heavy atom. The molecule has 1 aliphatic rings. The molecular weight excluding hydrogens is 335 g/mol. The lowest BCUT2D eigenvalue weighted by atomic mass is 10.2. The van der Waals surface area contributed by atoms with Gasteiger partial charge < -0.3 is 9.47 Å². The number of ether oxygens (including phenoxy) is 2. The van der Waals surface area contributed by atoms with Crippen LogP contribution >= 0.6 is 0 Å². The van der Waals surface area contributed by atoms with Crippen LogP contribution in [0.1, 0.15) is 35.2 Å². The maximum Gasteiger partial charge on any atom is 0.346 e. The fourth-order valence-corrected chi connectivity index (χ4v) is 2.77. The van der Waals surface area contributed by atoms with E-state index in [2.05, 4.69) is 5.10 Å². The summed E-state index contributed by atoms with van der Waals surface area (Å²) in [5, 5.41) is 6.52. The number of halogens is 1. The highest BCUT2D eigenvalue weighted by molar-refractivity contribution is 5.92. The van der Waals surface area contributed by atoms with E-state index in [0.717, 1.165) is 31.5 Å². The van der Waals surface area contributed by atoms with Gasteiger partial charge in [-0.3, -0.25) is 5.01 Å². The van der Waals surface area contributed by atoms with Crippen molar-refractivity contribution < 1.29 is 18.7 Å². The molecule has 2 aromatic rings. The number of carbonyl (C=O) groups is 1. The van der Waals surface area contributed by atoms with Crippen LogP contribution < -0.4 is 9.47 Å². The number of carbonyl (C=O) groups excluding carboxylic acids is 1. The third kappa shape index (κ3) is 4.39. The number of methoxy groups -OCH3 is 1. The number of nitrogens with zero attached hydrogens (tertiary/aromatic N) is 2. The summed E-state index contributed by atoms with van der Waals surface area (Å²) in [5.41, 5.74) is 0.711. The molecule has 1 aliphatic heterocycles. The van der Waals surface area contributed by atoms with E-state index in [1.165, 1.54) is 31.7 Å². The molecule has 0 radical (unpaired) electrons. The van der Waals surface area contributed by atoms with Gasteiger partial charge in [-0.2, -0.15) is 5.10 Å². The lowest BCUT2D eigenvalue weighted by Crippen LogP contribution is -2.24. The SMILES string of the molecule is COc1cc(/C=N\N2CCCCC2)ccc1OC(=O)c1ccccc1F. The second-order valence-electron chi connectivity index (χ2n) is 6.04. The second kappa shape index (κ2) is 8.47. The van der Waals surface area contributed by atoms with Crippen LogP contribution in [0.4, 0.5) is 4.39 Å². The molecule has 2 aromatic carbocycles. The van der Waals surface area contributed by atoms with Crippen LogP contribution in [0.2, 0.25) is 0 Å². The van der Waals surface area contributed by atoms with Crippen LogP contribution in [0, 0.1) is 5.82 Å². The van der Waals surface area contributed by atoms with E-state index in [0.29, 0.717) is 5.75 Å². The second-order valence-corrected chi connectivity index (χ2v) is 6.04. The van der Waals surface area contributed by atoms with Crippen LogP contribution in [0.15, 0.2) is 47.6 Å². The minimum atomic E-state index is -0.767. The Kier molecular flexibility index (Phi) is 5.84. The summed E-state index contributed by atoms with van der Waals surface area (Å²) < 4.78 is 24.3. The quantitative estimate of drug-likeness (QED) is 0.464. The zero-order valence-electron chi connectivity index (χ0n) is 14.7. The summed E-state index contributed by atoms with van der Waals surface area (Å²) >= 11 is 0. The first-order valence-electron chi connectivity index (χ1n) is 8.61. The van der Waals surface area contributed by atoms with Gasteiger partial charge >= 0.3 is 5.97 Å². The van der Waals surface area contributed by atoms with Gasteiger partial charge in [0.2, 0.25) is 0 Å². The van der Waals surface area contributed by atoms with Crippen molar-refractivity contribution in [3.63, 3.8) is 0 Å². The van der Waals surface area contributed by atoms with E-state index in [-0.39, 0.29) is 11.3 Å². The molecule has 1 heterocycles. The molecule has 1 saturated heterocycles. The van der Waals surface area contributed by atoms with Crippen molar-refractivity contribution in [2.45, 2.75) is 19.3 Å². The standard InChI is InChI=1S/C20H21FN2O3/c1-25-19-13-15(14-22-23-11-5-2-6-12-23)9-10-18(19)26-20(24)16-7-3-4-8-17(16)21/h3-4,7-10,13-14H,2,5-6,11-12H2,1H3/b22-14-. The molecule has 0 amide bonds. The van der Waals surface area contributed by atoms with Gasteiger partial charge in [0.05, 0.1) is 18.9 Å². The molecular formula is C20H21FN2O3. The summed E-state index contributed by atoms with van der Waals surface area (Å²) in [6.07, 6.45) is 5.33. The summed E-state index contributed by atoms with van der Waals surface area (Å²) in [4.78, 5) is 12.2. The van der Waals surface area contributed by atoms with E-state index in [4.69, 9.17) is 9.47 Å². The van der Waals surface area contributed by atoms with Gasteiger partial charge in [0.15, 0.2) is 11.5 Å². The average Bonchev–Trinajstić information content (AvgIpc) is 2.68. The predicted molar refractivity (Wildman–Crippen MR) is 97.4 cm³/mol. The Morgan fingerprint density at radius 1 is 1.12 bits per heavy atom. The van der Waals surface area contributed by atoms with Gasteiger partial charge in [0, 0.05) is 13.1 Å². The van der Waals surface area contributed by atoms with Crippen molar-refractivity contribution in [1.82, 2.24) is 5.01 Å². The fraction of sp³-hybridized carbons (Fsp3) is 0.300. The van der Waals surface area contributed by atoms with E-state index in [1.807, 2.05) is 5.01 Å². The number of rotatable bonds is 5. The van der Waals surface area contributed by atoms with E-state index < -0.39 is 11.8 Å². The molecule has 3 rings (SSSR count). The minimum Gasteiger partial charge on any atom is -0.493 e. The highest BCUT2D eigenvalue weighted by atomic mass is 19.1. The highest BCUT2D eigenvalue weighted by Gasteiger charge is 2.16. The average molecular weight is 356 g/mol. The molecule has 5 nitrogen and oxygen atoms in total. The van der Waals surface area contributed by atoms with E-state index in [9.17, 15) is 9.18 Å². The molecule has 6 heteroatoms. The van der Waals surface area contributed by atoms with Crippen LogP contribution in [0.3, 0.4) is 0 Å². The number of piperidine rings is 1. The van der Waals surface area contributed by atoms with Crippen LogP contribution in [0.5, 0.6) is 11.5 Å². The van der Waals surface area contributed by atoms with Crippen LogP contribution in [-0.2, 0) is 0 Å². The third-order valence-corrected chi connectivity index (χ3v) is 4.19. The number of benzene rings is 2. The monoisotopic (exact) mass is 356 g/mol. The number of hydrogen-bond acceptors (Lipinski definition) is 5.